The van der Waals surface area contributed by atoms with Crippen molar-refractivity contribution in [3.8, 4) is 0 Å². The van der Waals surface area contributed by atoms with Gasteiger partial charge in [0.25, 0.3) is 0 Å². The molecule has 0 atom stereocenters. The van der Waals surface area contributed by atoms with Crippen LogP contribution in [0.5, 0.6) is 0 Å². The van der Waals surface area contributed by atoms with E-state index in [1.54, 1.807) is 18.9 Å². The van der Waals surface area contributed by atoms with Crippen molar-refractivity contribution in [2.45, 2.75) is 26.8 Å². The van der Waals surface area contributed by atoms with E-state index in [1.165, 1.54) is 0 Å². The second-order valence-corrected chi connectivity index (χ2v) is 3.70. The van der Waals surface area contributed by atoms with Crippen LogP contribution in [0.15, 0.2) is 0 Å². The molecular formula is C10H20N2O3. The van der Waals surface area contributed by atoms with Crippen molar-refractivity contribution in [2.24, 2.45) is 0 Å². The summed E-state index contributed by atoms with van der Waals surface area (Å²) in [6, 6.07) is 0.119. The van der Waals surface area contributed by atoms with Crippen molar-refractivity contribution >= 4 is 11.9 Å². The summed E-state index contributed by atoms with van der Waals surface area (Å²) < 4.78 is 4.76. The Balaban J connectivity index is 3.77. The molecule has 0 unspecified atom stereocenters. The zero-order valence-corrected chi connectivity index (χ0v) is 9.87. The molecule has 0 aromatic rings. The average molecular weight is 216 g/mol. The van der Waals surface area contributed by atoms with Crippen molar-refractivity contribution in [1.29, 1.82) is 0 Å². The summed E-state index contributed by atoms with van der Waals surface area (Å²) in [5, 5.41) is 2.75. The van der Waals surface area contributed by atoms with Crippen LogP contribution < -0.4 is 5.32 Å². The van der Waals surface area contributed by atoms with Crippen molar-refractivity contribution in [3.05, 3.63) is 0 Å². The molecule has 0 rings (SSSR count). The van der Waals surface area contributed by atoms with Crippen LogP contribution in [-0.2, 0) is 14.3 Å². The molecule has 0 aromatic carbocycles. The first-order valence-corrected chi connectivity index (χ1v) is 5.09. The van der Waals surface area contributed by atoms with Crippen LogP contribution in [0, 0.1) is 0 Å². The highest BCUT2D eigenvalue weighted by Crippen LogP contribution is 1.87. The fourth-order valence-corrected chi connectivity index (χ4v) is 1.10. The molecule has 1 N–H and O–H groups in total. The van der Waals surface area contributed by atoms with E-state index in [0.29, 0.717) is 6.61 Å². The van der Waals surface area contributed by atoms with E-state index in [4.69, 9.17) is 4.74 Å². The summed E-state index contributed by atoms with van der Waals surface area (Å²) in [5.74, 6) is -0.394. The lowest BCUT2D eigenvalue weighted by Crippen LogP contribution is -2.40. The number of nitrogens with zero attached hydrogens (tertiary/aromatic N) is 1. The van der Waals surface area contributed by atoms with Crippen LogP contribution in [0.3, 0.4) is 0 Å². The summed E-state index contributed by atoms with van der Waals surface area (Å²) in [6.45, 7) is 6.25. The summed E-state index contributed by atoms with van der Waals surface area (Å²) in [4.78, 5) is 24.0. The molecule has 0 aliphatic heterocycles. The molecule has 0 radical (unpaired) electrons. The minimum absolute atomic E-state index is 0.0863. The highest BCUT2D eigenvalue weighted by atomic mass is 16.5. The summed E-state index contributed by atoms with van der Waals surface area (Å²) in [5.41, 5.74) is 0. The third-order valence-electron chi connectivity index (χ3n) is 1.57. The van der Waals surface area contributed by atoms with Gasteiger partial charge in [0, 0.05) is 6.04 Å². The number of nitrogens with one attached hydrogen (secondary N) is 1. The lowest BCUT2D eigenvalue weighted by molar-refractivity contribution is -0.144. The molecule has 1 amide bonds. The van der Waals surface area contributed by atoms with E-state index in [9.17, 15) is 9.59 Å². The predicted octanol–water partition coefficient (Wildman–Crippen LogP) is 0.00590. The number of likely N-dealkylation sites (N-methyl/N-ethyl adjacent to an activating group) is 1. The molecule has 5 heteroatoms. The topological polar surface area (TPSA) is 58.6 Å². The van der Waals surface area contributed by atoms with E-state index in [0.717, 1.165) is 0 Å². The molecule has 5 nitrogen and oxygen atoms in total. The van der Waals surface area contributed by atoms with Crippen molar-refractivity contribution in [3.63, 3.8) is 0 Å². The zero-order chi connectivity index (χ0) is 11.8. The lowest BCUT2D eigenvalue weighted by atomic mass is 10.4. The highest BCUT2D eigenvalue weighted by molar-refractivity contribution is 5.79. The third-order valence-corrected chi connectivity index (χ3v) is 1.57. The molecule has 0 saturated carbocycles. The van der Waals surface area contributed by atoms with Gasteiger partial charge in [-0.2, -0.15) is 0 Å². The Morgan fingerprint density at radius 1 is 1.33 bits per heavy atom. The van der Waals surface area contributed by atoms with Crippen molar-refractivity contribution in [1.82, 2.24) is 10.2 Å². The van der Waals surface area contributed by atoms with E-state index in [2.05, 4.69) is 5.32 Å². The Labute approximate surface area is 90.8 Å². The molecule has 0 spiro atoms. The summed E-state index contributed by atoms with van der Waals surface area (Å²) in [7, 11) is 1.71. The van der Waals surface area contributed by atoms with E-state index >= 15 is 0 Å². The number of amides is 1. The Morgan fingerprint density at radius 3 is 2.40 bits per heavy atom. The molecule has 0 fully saturated rings. The normalized spacial score (nSPS) is 10.5. The first-order valence-electron chi connectivity index (χ1n) is 5.09. The minimum atomic E-state index is -0.308. The van der Waals surface area contributed by atoms with Gasteiger partial charge in [0.2, 0.25) is 5.91 Å². The fraction of sp³-hybridized carbons (Fsp3) is 0.800. The molecule has 15 heavy (non-hydrogen) atoms. The molecule has 0 aromatic heterocycles. The van der Waals surface area contributed by atoms with Gasteiger partial charge in [-0.05, 0) is 27.8 Å². The van der Waals surface area contributed by atoms with Gasteiger partial charge in [-0.25, -0.2) is 0 Å². The smallest absolute Gasteiger partial charge is 0.320 e. The molecule has 88 valence electrons. The number of ether oxygens (including phenoxy) is 1. The minimum Gasteiger partial charge on any atom is -0.465 e. The van der Waals surface area contributed by atoms with Crippen molar-refractivity contribution < 1.29 is 14.3 Å². The average Bonchev–Trinajstić information content (AvgIpc) is 2.00. The van der Waals surface area contributed by atoms with Gasteiger partial charge in [-0.3, -0.25) is 14.5 Å². The number of hydrogen-bond acceptors (Lipinski definition) is 4. The Bertz CT molecular complexity index is 217. The fourth-order valence-electron chi connectivity index (χ4n) is 1.10. The van der Waals surface area contributed by atoms with Gasteiger partial charge in [-0.1, -0.05) is 0 Å². The van der Waals surface area contributed by atoms with Gasteiger partial charge >= 0.3 is 5.97 Å². The van der Waals surface area contributed by atoms with Crippen LogP contribution in [0.25, 0.3) is 0 Å². The van der Waals surface area contributed by atoms with Crippen LogP contribution in [-0.4, -0.2) is 49.6 Å². The maximum Gasteiger partial charge on any atom is 0.320 e. The lowest BCUT2D eigenvalue weighted by Gasteiger charge is -2.16. The second kappa shape index (κ2) is 7.23. The Morgan fingerprint density at radius 2 is 1.93 bits per heavy atom. The van der Waals surface area contributed by atoms with Gasteiger partial charge in [0.05, 0.1) is 19.7 Å². The maximum absolute atomic E-state index is 11.3. The third kappa shape index (κ3) is 7.93. The zero-order valence-electron chi connectivity index (χ0n) is 9.87. The van der Waals surface area contributed by atoms with Crippen LogP contribution in [0.1, 0.15) is 20.8 Å². The van der Waals surface area contributed by atoms with Gasteiger partial charge in [0.1, 0.15) is 0 Å². The van der Waals surface area contributed by atoms with Gasteiger partial charge in [-0.15, -0.1) is 0 Å². The molecule has 0 heterocycles. The number of carbonyl (C=O) groups is 2. The van der Waals surface area contributed by atoms with Crippen molar-refractivity contribution in [2.75, 3.05) is 26.7 Å². The van der Waals surface area contributed by atoms with E-state index in [-0.39, 0.29) is 31.0 Å². The number of hydrogen-bond donors (Lipinski definition) is 1. The van der Waals surface area contributed by atoms with Gasteiger partial charge in [0.15, 0.2) is 0 Å². The monoisotopic (exact) mass is 216 g/mol. The molecule has 0 aliphatic rings. The van der Waals surface area contributed by atoms with Crippen LogP contribution in [0.4, 0.5) is 0 Å². The summed E-state index contributed by atoms with van der Waals surface area (Å²) in [6.07, 6.45) is 0. The second-order valence-electron chi connectivity index (χ2n) is 3.70. The number of esters is 1. The van der Waals surface area contributed by atoms with Crippen LogP contribution >= 0.6 is 0 Å². The van der Waals surface area contributed by atoms with E-state index in [1.807, 2.05) is 13.8 Å². The number of rotatable bonds is 6. The standard InChI is InChI=1S/C10H20N2O3/c1-5-15-10(14)7-12(4)6-9(13)11-8(2)3/h8H,5-7H2,1-4H3,(H,11,13). The first kappa shape index (κ1) is 13.9. The largest absolute Gasteiger partial charge is 0.465 e. The van der Waals surface area contributed by atoms with E-state index < -0.39 is 0 Å². The summed E-state index contributed by atoms with van der Waals surface area (Å²) >= 11 is 0. The molecule has 0 aliphatic carbocycles. The number of carbonyl (C=O) groups excluding carboxylic acids is 2. The Hall–Kier alpha value is -1.10. The first-order chi connectivity index (χ1) is 6.95. The highest BCUT2D eigenvalue weighted by Gasteiger charge is 2.11. The quantitative estimate of drug-likeness (QED) is 0.635. The molecule has 0 bridgehead atoms. The predicted molar refractivity (Wildman–Crippen MR) is 57.4 cm³/mol. The Kier molecular flexibility index (Phi) is 6.70. The molecular weight excluding hydrogens is 196 g/mol. The molecule has 0 saturated heterocycles. The SMILES string of the molecule is CCOC(=O)CN(C)CC(=O)NC(C)C. The maximum atomic E-state index is 11.3. The van der Waals surface area contributed by atoms with Gasteiger partial charge < -0.3 is 10.1 Å². The van der Waals surface area contributed by atoms with Crippen LogP contribution in [0.2, 0.25) is 0 Å².